The summed E-state index contributed by atoms with van der Waals surface area (Å²) in [5.74, 6) is 0.377. The van der Waals surface area contributed by atoms with E-state index in [4.69, 9.17) is 0 Å². The van der Waals surface area contributed by atoms with Gasteiger partial charge in [-0.1, -0.05) is 6.08 Å². The van der Waals surface area contributed by atoms with Crippen molar-refractivity contribution in [3.63, 3.8) is 0 Å². The van der Waals surface area contributed by atoms with Crippen LogP contribution in [-0.4, -0.2) is 21.5 Å². The smallest absolute Gasteiger partial charge is 0.225 e. The predicted molar refractivity (Wildman–Crippen MR) is 39.8 cm³/mol. The molecular weight excluding hydrogens is 142 g/mol. The molecule has 1 radical (unpaired) electrons. The Bertz CT molecular complexity index is 209. The Labute approximate surface area is 64.6 Å². The third kappa shape index (κ3) is 2.72. The molecular formula is C6H8N5. The summed E-state index contributed by atoms with van der Waals surface area (Å²) in [4.78, 5) is 11.2. The van der Waals surface area contributed by atoms with E-state index in [-0.39, 0.29) is 0 Å². The lowest BCUT2D eigenvalue weighted by molar-refractivity contribution is 0.648. The van der Waals surface area contributed by atoms with E-state index in [1.54, 1.807) is 6.08 Å². The van der Waals surface area contributed by atoms with E-state index in [0.717, 1.165) is 0 Å². The van der Waals surface area contributed by atoms with Crippen LogP contribution in [0.25, 0.3) is 0 Å². The molecule has 0 spiro atoms. The number of nitrogens with zero attached hydrogens (tertiary/aromatic N) is 4. The van der Waals surface area contributed by atoms with Gasteiger partial charge in [0.05, 0.1) is 0 Å². The van der Waals surface area contributed by atoms with E-state index in [1.165, 1.54) is 12.7 Å². The van der Waals surface area contributed by atoms with Gasteiger partial charge >= 0.3 is 0 Å². The van der Waals surface area contributed by atoms with Crippen LogP contribution >= 0.6 is 0 Å². The fourth-order valence-corrected chi connectivity index (χ4v) is 0.472. The van der Waals surface area contributed by atoms with Crippen molar-refractivity contribution in [1.82, 2.24) is 25.8 Å². The van der Waals surface area contributed by atoms with Gasteiger partial charge in [0, 0.05) is 6.54 Å². The summed E-state index contributed by atoms with van der Waals surface area (Å²) in [6.07, 6.45) is 4.48. The molecule has 1 rings (SSSR count). The number of nitrogens with one attached hydrogen (secondary N) is 1. The summed E-state index contributed by atoms with van der Waals surface area (Å²) in [5.41, 5.74) is 6.52. The van der Waals surface area contributed by atoms with Crippen molar-refractivity contribution < 1.29 is 0 Å². The summed E-state index contributed by atoms with van der Waals surface area (Å²) in [5, 5.41) is 0. The quantitative estimate of drug-likeness (QED) is 0.366. The second kappa shape index (κ2) is 4.35. The molecule has 0 saturated heterocycles. The van der Waals surface area contributed by atoms with E-state index in [2.05, 4.69) is 32.4 Å². The van der Waals surface area contributed by atoms with Gasteiger partial charge in [-0.25, -0.2) is 10.4 Å². The van der Waals surface area contributed by atoms with Crippen molar-refractivity contribution in [2.45, 2.75) is 0 Å². The van der Waals surface area contributed by atoms with Crippen molar-refractivity contribution >= 4 is 5.95 Å². The van der Waals surface area contributed by atoms with Crippen LogP contribution in [0.15, 0.2) is 25.3 Å². The molecule has 0 aliphatic rings. The maximum absolute atomic E-state index is 3.81. The van der Waals surface area contributed by atoms with Gasteiger partial charge in [0.15, 0.2) is 0 Å². The van der Waals surface area contributed by atoms with E-state index in [0.29, 0.717) is 12.5 Å². The molecule has 1 aromatic heterocycles. The Balaban J connectivity index is 2.33. The Kier molecular flexibility index (Phi) is 3.01. The van der Waals surface area contributed by atoms with Crippen molar-refractivity contribution in [2.75, 3.05) is 6.54 Å². The first-order chi connectivity index (χ1) is 5.43. The molecule has 5 nitrogen and oxygen atoms in total. The molecule has 5 heteroatoms. The number of hydrogen-bond acceptors (Lipinski definition) is 4. The zero-order chi connectivity index (χ0) is 7.94. The SMILES string of the molecule is C=CCN[N]c1ncncn1. The second-order valence-electron chi connectivity index (χ2n) is 1.70. The average Bonchev–Trinajstić information content (AvgIpc) is 2.07. The van der Waals surface area contributed by atoms with Gasteiger partial charge < -0.3 is 0 Å². The lowest BCUT2D eigenvalue weighted by Gasteiger charge is -1.97. The van der Waals surface area contributed by atoms with Gasteiger partial charge in [-0.2, -0.15) is 15.4 Å². The van der Waals surface area contributed by atoms with E-state index in [1.807, 2.05) is 0 Å². The van der Waals surface area contributed by atoms with Crippen molar-refractivity contribution in [3.05, 3.63) is 25.3 Å². The monoisotopic (exact) mass is 150 g/mol. The Morgan fingerprint density at radius 2 is 2.27 bits per heavy atom. The maximum Gasteiger partial charge on any atom is 0.264 e. The average molecular weight is 150 g/mol. The highest BCUT2D eigenvalue weighted by Gasteiger charge is 1.91. The van der Waals surface area contributed by atoms with Crippen molar-refractivity contribution in [3.8, 4) is 0 Å². The second-order valence-corrected chi connectivity index (χ2v) is 1.70. The Morgan fingerprint density at radius 3 is 2.91 bits per heavy atom. The largest absolute Gasteiger partial charge is 0.264 e. The van der Waals surface area contributed by atoms with Crippen LogP contribution in [-0.2, 0) is 0 Å². The Hall–Kier alpha value is -1.49. The lowest BCUT2D eigenvalue weighted by atomic mass is 10.7. The van der Waals surface area contributed by atoms with Crippen LogP contribution < -0.4 is 10.9 Å². The number of rotatable bonds is 4. The summed E-state index contributed by atoms with van der Waals surface area (Å²) in [7, 11) is 0. The van der Waals surface area contributed by atoms with Crippen LogP contribution in [0.5, 0.6) is 0 Å². The standard InChI is InChI=1S/C6H8N5/c1-2-3-10-11-6-8-4-7-5-9-6/h2,4-5,10H,1,3H2. The summed E-state index contributed by atoms with van der Waals surface area (Å²) < 4.78 is 0. The number of aromatic nitrogens is 3. The summed E-state index contributed by atoms with van der Waals surface area (Å²) >= 11 is 0. The molecule has 0 fully saturated rings. The fourth-order valence-electron chi connectivity index (χ4n) is 0.472. The zero-order valence-electron chi connectivity index (χ0n) is 5.94. The molecule has 57 valence electrons. The topological polar surface area (TPSA) is 64.8 Å². The van der Waals surface area contributed by atoms with E-state index in [9.17, 15) is 0 Å². The Morgan fingerprint density at radius 1 is 1.55 bits per heavy atom. The fraction of sp³-hybridized carbons (Fsp3) is 0.167. The highest BCUT2D eigenvalue weighted by Crippen LogP contribution is 1.87. The minimum Gasteiger partial charge on any atom is -0.225 e. The van der Waals surface area contributed by atoms with E-state index < -0.39 is 0 Å². The van der Waals surface area contributed by atoms with Gasteiger partial charge in [-0.3, -0.25) is 0 Å². The molecule has 11 heavy (non-hydrogen) atoms. The van der Waals surface area contributed by atoms with Gasteiger partial charge in [0.2, 0.25) is 0 Å². The number of hydrogen-bond donors (Lipinski definition) is 1. The predicted octanol–water partition coefficient (Wildman–Crippen LogP) is -0.202. The van der Waals surface area contributed by atoms with Crippen LogP contribution in [0.4, 0.5) is 5.95 Å². The molecule has 0 aliphatic heterocycles. The van der Waals surface area contributed by atoms with Gasteiger partial charge in [-0.05, 0) is 0 Å². The highest BCUT2D eigenvalue weighted by atomic mass is 15.4. The first-order valence-corrected chi connectivity index (χ1v) is 3.10. The third-order valence-electron chi connectivity index (χ3n) is 0.894. The van der Waals surface area contributed by atoms with Gasteiger partial charge in [-0.15, -0.1) is 6.58 Å². The summed E-state index contributed by atoms with van der Waals surface area (Å²) in [6.45, 7) is 4.12. The molecule has 1 N–H and O–H groups in total. The summed E-state index contributed by atoms with van der Waals surface area (Å²) in [6, 6.07) is 0. The molecule has 0 bridgehead atoms. The van der Waals surface area contributed by atoms with Gasteiger partial charge in [0.1, 0.15) is 12.7 Å². The first kappa shape index (κ1) is 7.62. The van der Waals surface area contributed by atoms with Crippen LogP contribution in [0, 0.1) is 0 Å². The molecule has 1 aromatic rings. The van der Waals surface area contributed by atoms with Crippen LogP contribution in [0.2, 0.25) is 0 Å². The third-order valence-corrected chi connectivity index (χ3v) is 0.894. The molecule has 0 unspecified atom stereocenters. The maximum atomic E-state index is 3.81. The zero-order valence-corrected chi connectivity index (χ0v) is 5.94. The van der Waals surface area contributed by atoms with Crippen molar-refractivity contribution in [2.24, 2.45) is 0 Å². The highest BCUT2D eigenvalue weighted by molar-refractivity contribution is 5.05. The molecule has 0 saturated carbocycles. The van der Waals surface area contributed by atoms with E-state index >= 15 is 0 Å². The molecule has 1 heterocycles. The molecule has 0 aromatic carbocycles. The van der Waals surface area contributed by atoms with Crippen LogP contribution in [0.3, 0.4) is 0 Å². The van der Waals surface area contributed by atoms with Crippen LogP contribution in [0.1, 0.15) is 0 Å². The molecule has 0 amide bonds. The lowest BCUT2D eigenvalue weighted by Crippen LogP contribution is -2.21. The van der Waals surface area contributed by atoms with Gasteiger partial charge in [0.25, 0.3) is 5.95 Å². The minimum absolute atomic E-state index is 0.377. The molecule has 0 aliphatic carbocycles. The minimum atomic E-state index is 0.377. The normalized spacial score (nSPS) is 9.09. The van der Waals surface area contributed by atoms with Crippen molar-refractivity contribution in [1.29, 1.82) is 0 Å². The molecule has 0 atom stereocenters. The first-order valence-electron chi connectivity index (χ1n) is 3.10.